The summed E-state index contributed by atoms with van der Waals surface area (Å²) in [6.07, 6.45) is 8.28. The fourth-order valence-corrected chi connectivity index (χ4v) is 3.21. The van der Waals surface area contributed by atoms with Crippen molar-refractivity contribution in [3.8, 4) is 0 Å². The van der Waals surface area contributed by atoms with E-state index < -0.39 is 0 Å². The van der Waals surface area contributed by atoms with Crippen molar-refractivity contribution >= 4 is 0 Å². The van der Waals surface area contributed by atoms with Gasteiger partial charge in [0.05, 0.1) is 5.60 Å². The van der Waals surface area contributed by atoms with Gasteiger partial charge >= 0.3 is 0 Å². The molecule has 0 aromatic rings. The summed E-state index contributed by atoms with van der Waals surface area (Å²) in [6, 6.07) is 1.55. The molecule has 0 aromatic heterocycles. The van der Waals surface area contributed by atoms with Crippen molar-refractivity contribution in [3.05, 3.63) is 0 Å². The van der Waals surface area contributed by atoms with Crippen molar-refractivity contribution in [2.45, 2.75) is 70.1 Å². The van der Waals surface area contributed by atoms with Gasteiger partial charge in [0.15, 0.2) is 0 Å². The predicted octanol–water partition coefficient (Wildman–Crippen LogP) is 2.72. The molecule has 2 aliphatic carbocycles. The predicted molar refractivity (Wildman–Crippen MR) is 65.4 cm³/mol. The van der Waals surface area contributed by atoms with E-state index in [1.54, 1.807) is 0 Å². The maximum Gasteiger partial charge on any atom is 0.0641 e. The third-order valence-corrected chi connectivity index (χ3v) is 4.38. The maximum absolute atomic E-state index is 5.79. The van der Waals surface area contributed by atoms with Gasteiger partial charge in [-0.1, -0.05) is 0 Å². The van der Waals surface area contributed by atoms with Crippen molar-refractivity contribution in [1.82, 2.24) is 5.32 Å². The van der Waals surface area contributed by atoms with E-state index in [0.717, 1.165) is 24.5 Å². The lowest BCUT2D eigenvalue weighted by atomic mass is 9.92. The lowest BCUT2D eigenvalue weighted by Crippen LogP contribution is -2.48. The Hall–Kier alpha value is -0.0800. The van der Waals surface area contributed by atoms with E-state index in [9.17, 15) is 0 Å². The maximum atomic E-state index is 5.79. The van der Waals surface area contributed by atoms with Gasteiger partial charge in [-0.25, -0.2) is 0 Å². The largest absolute Gasteiger partial charge is 0.375 e. The Morgan fingerprint density at radius 2 is 1.69 bits per heavy atom. The second-order valence-corrected chi connectivity index (χ2v) is 6.67. The van der Waals surface area contributed by atoms with Gasteiger partial charge in [0.25, 0.3) is 0 Å². The highest BCUT2D eigenvalue weighted by molar-refractivity contribution is 4.98. The topological polar surface area (TPSA) is 21.3 Å². The number of hydrogen-bond acceptors (Lipinski definition) is 2. The first-order valence-electron chi connectivity index (χ1n) is 7.04. The average molecular weight is 223 g/mol. The zero-order valence-corrected chi connectivity index (χ0v) is 10.7. The minimum Gasteiger partial charge on any atom is -0.375 e. The highest BCUT2D eigenvalue weighted by atomic mass is 16.5. The van der Waals surface area contributed by atoms with Gasteiger partial charge in [-0.15, -0.1) is 0 Å². The third-order valence-electron chi connectivity index (χ3n) is 4.38. The molecule has 0 amide bonds. The molecule has 3 fully saturated rings. The lowest BCUT2D eigenvalue weighted by molar-refractivity contribution is -0.0647. The van der Waals surface area contributed by atoms with Gasteiger partial charge < -0.3 is 10.1 Å². The van der Waals surface area contributed by atoms with Crippen molar-refractivity contribution in [3.63, 3.8) is 0 Å². The van der Waals surface area contributed by atoms with Crippen LogP contribution in [0.4, 0.5) is 0 Å². The zero-order valence-electron chi connectivity index (χ0n) is 10.7. The van der Waals surface area contributed by atoms with Crippen LogP contribution in [0.5, 0.6) is 0 Å². The first kappa shape index (κ1) is 11.0. The summed E-state index contributed by atoms with van der Waals surface area (Å²) in [6.45, 7) is 5.39. The summed E-state index contributed by atoms with van der Waals surface area (Å²) in [4.78, 5) is 0. The number of rotatable bonds is 4. The highest BCUT2D eigenvalue weighted by Crippen LogP contribution is 2.45. The van der Waals surface area contributed by atoms with Crippen LogP contribution in [-0.2, 0) is 4.74 Å². The van der Waals surface area contributed by atoms with Crippen LogP contribution in [-0.4, -0.2) is 24.3 Å². The molecule has 0 radical (unpaired) electrons. The standard InChI is InChI=1S/C14H25NO/c1-14(2)9-12(7-8-16-14)15-13(10-3-4-10)11-5-6-11/h10-13,15H,3-9H2,1-2H3. The van der Waals surface area contributed by atoms with E-state index in [-0.39, 0.29) is 5.60 Å². The minimum atomic E-state index is 0.0908. The van der Waals surface area contributed by atoms with Gasteiger partial charge in [0, 0.05) is 18.7 Å². The molecule has 0 spiro atoms. The minimum absolute atomic E-state index is 0.0908. The van der Waals surface area contributed by atoms with Crippen molar-refractivity contribution < 1.29 is 4.74 Å². The summed E-state index contributed by atoms with van der Waals surface area (Å²) in [7, 11) is 0. The molecular formula is C14H25NO. The Morgan fingerprint density at radius 3 is 2.19 bits per heavy atom. The fourth-order valence-electron chi connectivity index (χ4n) is 3.21. The molecule has 1 atom stereocenters. The average Bonchev–Trinajstić information content (AvgIpc) is 3.06. The summed E-state index contributed by atoms with van der Waals surface area (Å²) >= 11 is 0. The zero-order chi connectivity index (χ0) is 11.2. The Balaban J connectivity index is 1.55. The van der Waals surface area contributed by atoms with Crippen molar-refractivity contribution in [2.24, 2.45) is 11.8 Å². The Labute approximate surface area is 99.1 Å². The first-order valence-corrected chi connectivity index (χ1v) is 7.04. The smallest absolute Gasteiger partial charge is 0.0641 e. The van der Waals surface area contributed by atoms with Crippen LogP contribution in [0.25, 0.3) is 0 Å². The molecule has 2 saturated carbocycles. The fraction of sp³-hybridized carbons (Fsp3) is 1.00. The first-order chi connectivity index (χ1) is 7.64. The van der Waals surface area contributed by atoms with E-state index in [1.807, 2.05) is 0 Å². The second-order valence-electron chi connectivity index (χ2n) is 6.67. The number of nitrogens with one attached hydrogen (secondary N) is 1. The van der Waals surface area contributed by atoms with Gasteiger partial charge in [-0.2, -0.15) is 0 Å². The van der Waals surface area contributed by atoms with Crippen LogP contribution >= 0.6 is 0 Å². The summed E-state index contributed by atoms with van der Waals surface area (Å²) < 4.78 is 5.79. The lowest BCUT2D eigenvalue weighted by Gasteiger charge is -2.38. The Kier molecular flexibility index (Phi) is 2.75. The monoisotopic (exact) mass is 223 g/mol. The van der Waals surface area contributed by atoms with Gasteiger partial charge in [0.2, 0.25) is 0 Å². The van der Waals surface area contributed by atoms with Crippen molar-refractivity contribution in [1.29, 1.82) is 0 Å². The SMILES string of the molecule is CC1(C)CC(NC(C2CC2)C2CC2)CCO1. The van der Waals surface area contributed by atoms with Crippen LogP contribution in [0.15, 0.2) is 0 Å². The second kappa shape index (κ2) is 3.99. The van der Waals surface area contributed by atoms with E-state index in [0.29, 0.717) is 6.04 Å². The molecule has 92 valence electrons. The van der Waals surface area contributed by atoms with E-state index in [2.05, 4.69) is 19.2 Å². The Morgan fingerprint density at radius 1 is 1.06 bits per heavy atom. The molecular weight excluding hydrogens is 198 g/mol. The molecule has 1 aliphatic heterocycles. The summed E-state index contributed by atoms with van der Waals surface area (Å²) in [5.74, 6) is 2.02. The molecule has 3 rings (SSSR count). The van der Waals surface area contributed by atoms with Crippen LogP contribution in [0.3, 0.4) is 0 Å². The van der Waals surface area contributed by atoms with Gasteiger partial charge in [0.1, 0.15) is 0 Å². The van der Waals surface area contributed by atoms with Crippen LogP contribution < -0.4 is 5.32 Å². The molecule has 1 heterocycles. The van der Waals surface area contributed by atoms with Crippen LogP contribution in [0.1, 0.15) is 52.4 Å². The number of hydrogen-bond donors (Lipinski definition) is 1. The van der Waals surface area contributed by atoms with Crippen LogP contribution in [0.2, 0.25) is 0 Å². The molecule has 1 N–H and O–H groups in total. The molecule has 1 saturated heterocycles. The number of ether oxygens (including phenoxy) is 1. The molecule has 0 aromatic carbocycles. The third kappa shape index (κ3) is 2.60. The van der Waals surface area contributed by atoms with Crippen molar-refractivity contribution in [2.75, 3.05) is 6.61 Å². The van der Waals surface area contributed by atoms with Gasteiger partial charge in [-0.05, 0) is 64.2 Å². The van der Waals surface area contributed by atoms with Crippen LogP contribution in [0, 0.1) is 11.8 Å². The highest BCUT2D eigenvalue weighted by Gasteiger charge is 2.43. The molecule has 2 nitrogen and oxygen atoms in total. The Bertz CT molecular complexity index is 243. The quantitative estimate of drug-likeness (QED) is 0.791. The van der Waals surface area contributed by atoms with E-state index in [4.69, 9.17) is 4.74 Å². The molecule has 1 unspecified atom stereocenters. The molecule has 2 heteroatoms. The molecule has 16 heavy (non-hydrogen) atoms. The van der Waals surface area contributed by atoms with Gasteiger partial charge in [-0.3, -0.25) is 0 Å². The van der Waals surface area contributed by atoms with E-state index in [1.165, 1.54) is 38.5 Å². The summed E-state index contributed by atoms with van der Waals surface area (Å²) in [5.41, 5.74) is 0.0908. The molecule has 0 bridgehead atoms. The van der Waals surface area contributed by atoms with E-state index >= 15 is 0 Å². The molecule has 3 aliphatic rings. The summed E-state index contributed by atoms with van der Waals surface area (Å²) in [5, 5.41) is 3.96. The normalized spacial score (nSPS) is 34.3.